The summed E-state index contributed by atoms with van der Waals surface area (Å²) in [5.41, 5.74) is 4.03. The minimum Gasteiger partial charge on any atom is -0.289 e. The third-order valence-corrected chi connectivity index (χ3v) is 1.85. The first-order chi connectivity index (χ1) is 5.97. The molecule has 2 nitrogen and oxygen atoms in total. The summed E-state index contributed by atoms with van der Waals surface area (Å²) in [6.07, 6.45) is 4.20. The Kier molecular flexibility index (Phi) is 2.21. The molecule has 0 bridgehead atoms. The van der Waals surface area contributed by atoms with Crippen molar-refractivity contribution in [3.05, 3.63) is 48.0 Å². The highest BCUT2D eigenvalue weighted by Gasteiger charge is 2.09. The minimum absolute atomic E-state index is 0.0694. The lowest BCUT2D eigenvalue weighted by Crippen LogP contribution is -2.21. The van der Waals surface area contributed by atoms with E-state index in [1.165, 1.54) is 5.56 Å². The van der Waals surface area contributed by atoms with Gasteiger partial charge in [0, 0.05) is 6.54 Å². The molecule has 0 aliphatic carbocycles. The fraction of sp³-hybridized carbons (Fsp3) is 0.200. The molecule has 12 heavy (non-hydrogen) atoms. The molecule has 0 saturated heterocycles. The molecular formula is C10H11NO. The molecule has 0 spiro atoms. The molecule has 1 aromatic carbocycles. The molecule has 0 radical (unpaired) electrons. The monoisotopic (exact) mass is 161 g/mol. The average molecular weight is 161 g/mol. The van der Waals surface area contributed by atoms with Crippen molar-refractivity contribution < 1.29 is 4.84 Å². The highest BCUT2D eigenvalue weighted by Crippen LogP contribution is 2.18. The standard InChI is InChI=1S/C10H11NO/c1-2-5-9(6-3-1)10-7-4-8-11-12-10/h1-7,10-11H,8H2. The molecule has 2 heteroatoms. The van der Waals surface area contributed by atoms with Gasteiger partial charge in [-0.3, -0.25) is 4.84 Å². The third kappa shape index (κ3) is 1.55. The topological polar surface area (TPSA) is 21.3 Å². The Morgan fingerprint density at radius 1 is 1.25 bits per heavy atom. The first-order valence-electron chi connectivity index (χ1n) is 4.07. The van der Waals surface area contributed by atoms with E-state index in [1.807, 2.05) is 18.2 Å². The molecule has 1 aliphatic heterocycles. The Labute approximate surface area is 71.8 Å². The second-order valence-electron chi connectivity index (χ2n) is 2.73. The second kappa shape index (κ2) is 3.52. The largest absolute Gasteiger partial charge is 0.289 e. The molecule has 62 valence electrons. The molecule has 1 heterocycles. The number of rotatable bonds is 1. The van der Waals surface area contributed by atoms with Crippen LogP contribution in [0, 0.1) is 0 Å². The Morgan fingerprint density at radius 2 is 2.08 bits per heavy atom. The van der Waals surface area contributed by atoms with Crippen molar-refractivity contribution in [3.8, 4) is 0 Å². The van der Waals surface area contributed by atoms with Gasteiger partial charge in [0.1, 0.15) is 6.10 Å². The Balaban J connectivity index is 2.19. The molecule has 1 aliphatic rings. The van der Waals surface area contributed by atoms with Gasteiger partial charge < -0.3 is 0 Å². The van der Waals surface area contributed by atoms with Gasteiger partial charge in [-0.25, -0.2) is 0 Å². The molecule has 0 fully saturated rings. The van der Waals surface area contributed by atoms with E-state index in [4.69, 9.17) is 4.84 Å². The van der Waals surface area contributed by atoms with E-state index in [1.54, 1.807) is 0 Å². The third-order valence-electron chi connectivity index (χ3n) is 1.85. The molecule has 1 atom stereocenters. The fourth-order valence-electron chi connectivity index (χ4n) is 1.24. The second-order valence-corrected chi connectivity index (χ2v) is 2.73. The highest BCUT2D eigenvalue weighted by molar-refractivity contribution is 5.21. The maximum absolute atomic E-state index is 5.33. The van der Waals surface area contributed by atoms with Gasteiger partial charge in [-0.1, -0.05) is 42.5 Å². The lowest BCUT2D eigenvalue weighted by molar-refractivity contribution is -0.00265. The summed E-state index contributed by atoms with van der Waals surface area (Å²) in [6, 6.07) is 10.1. The lowest BCUT2D eigenvalue weighted by atomic mass is 10.1. The Hall–Kier alpha value is -1.12. The van der Waals surface area contributed by atoms with Gasteiger partial charge in [0.25, 0.3) is 0 Å². The van der Waals surface area contributed by atoms with E-state index < -0.39 is 0 Å². The summed E-state index contributed by atoms with van der Waals surface area (Å²) in [4.78, 5) is 5.33. The number of hydrogen-bond donors (Lipinski definition) is 1. The number of nitrogens with one attached hydrogen (secondary N) is 1. The van der Waals surface area contributed by atoms with E-state index in [-0.39, 0.29) is 6.10 Å². The van der Waals surface area contributed by atoms with Gasteiger partial charge in [-0.05, 0) is 5.56 Å². The number of hydroxylamine groups is 1. The predicted octanol–water partition coefficient (Wildman–Crippen LogP) is 1.82. The summed E-state index contributed by atoms with van der Waals surface area (Å²) >= 11 is 0. The Bertz CT molecular complexity index is 268. The van der Waals surface area contributed by atoms with Crippen LogP contribution in [-0.4, -0.2) is 6.54 Å². The molecule has 1 N–H and O–H groups in total. The molecule has 2 rings (SSSR count). The summed E-state index contributed by atoms with van der Waals surface area (Å²) in [5.74, 6) is 0. The SMILES string of the molecule is C1=CC(c2ccccc2)ONC1. The molecule has 0 saturated carbocycles. The van der Waals surface area contributed by atoms with E-state index in [9.17, 15) is 0 Å². The van der Waals surface area contributed by atoms with Crippen LogP contribution in [0.25, 0.3) is 0 Å². The number of hydrogen-bond acceptors (Lipinski definition) is 2. The first-order valence-corrected chi connectivity index (χ1v) is 4.07. The van der Waals surface area contributed by atoms with Crippen molar-refractivity contribution in [3.63, 3.8) is 0 Å². The zero-order valence-corrected chi connectivity index (χ0v) is 6.73. The molecular weight excluding hydrogens is 150 g/mol. The predicted molar refractivity (Wildman–Crippen MR) is 47.4 cm³/mol. The fourth-order valence-corrected chi connectivity index (χ4v) is 1.24. The molecule has 1 aromatic rings. The van der Waals surface area contributed by atoms with Gasteiger partial charge >= 0.3 is 0 Å². The van der Waals surface area contributed by atoms with Crippen molar-refractivity contribution in [2.75, 3.05) is 6.54 Å². The van der Waals surface area contributed by atoms with Crippen molar-refractivity contribution in [2.24, 2.45) is 0 Å². The van der Waals surface area contributed by atoms with Gasteiger partial charge in [0.15, 0.2) is 0 Å². The van der Waals surface area contributed by atoms with Crippen molar-refractivity contribution >= 4 is 0 Å². The summed E-state index contributed by atoms with van der Waals surface area (Å²) in [6.45, 7) is 0.795. The van der Waals surface area contributed by atoms with Crippen molar-refractivity contribution in [2.45, 2.75) is 6.10 Å². The van der Waals surface area contributed by atoms with Crippen LogP contribution in [0.5, 0.6) is 0 Å². The van der Waals surface area contributed by atoms with Crippen molar-refractivity contribution in [1.29, 1.82) is 0 Å². The normalized spacial score (nSPS) is 22.5. The van der Waals surface area contributed by atoms with Crippen LogP contribution in [0.1, 0.15) is 11.7 Å². The van der Waals surface area contributed by atoms with E-state index in [0.29, 0.717) is 0 Å². The molecule has 1 unspecified atom stereocenters. The van der Waals surface area contributed by atoms with E-state index >= 15 is 0 Å². The minimum atomic E-state index is 0.0694. The number of benzene rings is 1. The van der Waals surface area contributed by atoms with Gasteiger partial charge in [-0.15, -0.1) is 0 Å². The van der Waals surface area contributed by atoms with Crippen LogP contribution in [0.4, 0.5) is 0 Å². The molecule has 0 aromatic heterocycles. The first kappa shape index (κ1) is 7.53. The maximum atomic E-state index is 5.33. The van der Waals surface area contributed by atoms with Crippen LogP contribution < -0.4 is 5.48 Å². The zero-order valence-electron chi connectivity index (χ0n) is 6.73. The average Bonchev–Trinajstić information content (AvgIpc) is 2.21. The van der Waals surface area contributed by atoms with Crippen LogP contribution in [-0.2, 0) is 4.84 Å². The van der Waals surface area contributed by atoms with Gasteiger partial charge in [0.2, 0.25) is 0 Å². The summed E-state index contributed by atoms with van der Waals surface area (Å²) < 4.78 is 0. The van der Waals surface area contributed by atoms with Crippen LogP contribution >= 0.6 is 0 Å². The maximum Gasteiger partial charge on any atom is 0.122 e. The van der Waals surface area contributed by atoms with Crippen LogP contribution in [0.3, 0.4) is 0 Å². The smallest absolute Gasteiger partial charge is 0.122 e. The van der Waals surface area contributed by atoms with Crippen LogP contribution in [0.15, 0.2) is 42.5 Å². The lowest BCUT2D eigenvalue weighted by Gasteiger charge is -2.17. The van der Waals surface area contributed by atoms with Gasteiger partial charge in [0.05, 0.1) is 0 Å². The zero-order chi connectivity index (χ0) is 8.23. The van der Waals surface area contributed by atoms with Gasteiger partial charge in [-0.2, -0.15) is 5.48 Å². The van der Waals surface area contributed by atoms with Crippen molar-refractivity contribution in [1.82, 2.24) is 5.48 Å². The van der Waals surface area contributed by atoms with Crippen LogP contribution in [0.2, 0.25) is 0 Å². The Morgan fingerprint density at radius 3 is 2.75 bits per heavy atom. The molecule has 0 amide bonds. The quantitative estimate of drug-likeness (QED) is 0.634. The highest BCUT2D eigenvalue weighted by atomic mass is 16.7. The van der Waals surface area contributed by atoms with E-state index in [0.717, 1.165) is 6.54 Å². The van der Waals surface area contributed by atoms with E-state index in [2.05, 4.69) is 29.8 Å². The summed E-state index contributed by atoms with van der Waals surface area (Å²) in [7, 11) is 0. The summed E-state index contributed by atoms with van der Waals surface area (Å²) in [5, 5.41) is 0.